The van der Waals surface area contributed by atoms with Crippen LogP contribution in [0.15, 0.2) is 10.7 Å². The van der Waals surface area contributed by atoms with Gasteiger partial charge in [0.2, 0.25) is 0 Å². The number of nitrogens with zero attached hydrogens (tertiary/aromatic N) is 2. The summed E-state index contributed by atoms with van der Waals surface area (Å²) >= 11 is 0. The molecule has 0 aromatic carbocycles. The van der Waals surface area contributed by atoms with E-state index in [2.05, 4.69) is 4.98 Å². The third-order valence-electron chi connectivity index (χ3n) is 2.13. The maximum atomic E-state index is 11.0. The molecule has 0 aliphatic carbocycles. The van der Waals surface area contributed by atoms with Crippen LogP contribution in [-0.4, -0.2) is 37.1 Å². The van der Waals surface area contributed by atoms with E-state index in [1.165, 1.54) is 13.2 Å². The molecular weight excluding hydrogens is 184 g/mol. The molecule has 2 heterocycles. The van der Waals surface area contributed by atoms with Gasteiger partial charge in [0.15, 0.2) is 5.78 Å². The average molecular weight is 196 g/mol. The molecule has 0 saturated carbocycles. The van der Waals surface area contributed by atoms with Crippen LogP contribution in [0.3, 0.4) is 0 Å². The number of carbonyl (C=O) groups excluding carboxylic acids is 1. The summed E-state index contributed by atoms with van der Waals surface area (Å²) in [6, 6.07) is 0.512. The molecule has 0 spiro atoms. The minimum atomic E-state index is -0.0757. The van der Waals surface area contributed by atoms with Crippen molar-refractivity contribution in [2.45, 2.75) is 6.92 Å². The molecule has 1 fully saturated rings. The standard InChI is InChI=1S/C9H12N2O3/c1-7(12)8-6-14-9(10-8)11-2-4-13-5-3-11/h6H,2-5H2,1H3. The van der Waals surface area contributed by atoms with Gasteiger partial charge in [0, 0.05) is 20.0 Å². The molecule has 0 amide bonds. The van der Waals surface area contributed by atoms with Crippen molar-refractivity contribution in [3.05, 3.63) is 12.0 Å². The number of rotatable bonds is 2. The number of oxazole rings is 1. The molecule has 5 heteroatoms. The minimum absolute atomic E-state index is 0.0757. The lowest BCUT2D eigenvalue weighted by atomic mass is 10.3. The Labute approximate surface area is 81.7 Å². The van der Waals surface area contributed by atoms with Crippen molar-refractivity contribution in [2.24, 2.45) is 0 Å². The van der Waals surface area contributed by atoms with Gasteiger partial charge in [-0.05, 0) is 0 Å². The van der Waals surface area contributed by atoms with E-state index in [4.69, 9.17) is 9.15 Å². The van der Waals surface area contributed by atoms with Gasteiger partial charge >= 0.3 is 0 Å². The Kier molecular flexibility index (Phi) is 2.49. The topological polar surface area (TPSA) is 55.6 Å². The van der Waals surface area contributed by atoms with E-state index in [1.807, 2.05) is 4.90 Å². The summed E-state index contributed by atoms with van der Waals surface area (Å²) < 4.78 is 10.4. The van der Waals surface area contributed by atoms with Crippen LogP contribution in [0, 0.1) is 0 Å². The normalized spacial score (nSPS) is 17.1. The second-order valence-corrected chi connectivity index (χ2v) is 3.17. The van der Waals surface area contributed by atoms with Gasteiger partial charge in [-0.2, -0.15) is 4.98 Å². The zero-order valence-electron chi connectivity index (χ0n) is 8.02. The highest BCUT2D eigenvalue weighted by Crippen LogP contribution is 2.14. The van der Waals surface area contributed by atoms with Crippen LogP contribution in [-0.2, 0) is 4.74 Å². The molecule has 0 radical (unpaired) electrons. The maximum absolute atomic E-state index is 11.0. The first-order valence-corrected chi connectivity index (χ1v) is 4.56. The molecule has 76 valence electrons. The summed E-state index contributed by atoms with van der Waals surface area (Å²) in [4.78, 5) is 17.0. The first-order chi connectivity index (χ1) is 6.77. The Morgan fingerprint density at radius 1 is 1.50 bits per heavy atom. The SMILES string of the molecule is CC(=O)c1coc(N2CCOCC2)n1. The van der Waals surface area contributed by atoms with E-state index >= 15 is 0 Å². The number of carbonyl (C=O) groups is 1. The molecular formula is C9H12N2O3. The Hall–Kier alpha value is -1.36. The summed E-state index contributed by atoms with van der Waals surface area (Å²) in [6.07, 6.45) is 1.40. The average Bonchev–Trinajstić information content (AvgIpc) is 2.68. The fourth-order valence-electron chi connectivity index (χ4n) is 1.33. The van der Waals surface area contributed by atoms with Crippen molar-refractivity contribution in [2.75, 3.05) is 31.2 Å². The summed E-state index contributed by atoms with van der Waals surface area (Å²) in [5, 5.41) is 0. The fourth-order valence-corrected chi connectivity index (χ4v) is 1.33. The minimum Gasteiger partial charge on any atom is -0.431 e. The van der Waals surface area contributed by atoms with E-state index in [-0.39, 0.29) is 5.78 Å². The van der Waals surface area contributed by atoms with Gasteiger partial charge < -0.3 is 14.1 Å². The number of morpholine rings is 1. The van der Waals surface area contributed by atoms with Crippen LogP contribution in [0.1, 0.15) is 17.4 Å². The predicted octanol–water partition coefficient (Wildman–Crippen LogP) is 0.714. The Balaban J connectivity index is 2.11. The molecule has 1 aromatic rings. The number of ether oxygens (including phenoxy) is 1. The smallest absolute Gasteiger partial charge is 0.298 e. The van der Waals surface area contributed by atoms with Gasteiger partial charge in [-0.25, -0.2) is 0 Å². The Morgan fingerprint density at radius 2 is 2.21 bits per heavy atom. The molecule has 0 N–H and O–H groups in total. The van der Waals surface area contributed by atoms with Crippen molar-refractivity contribution >= 4 is 11.8 Å². The van der Waals surface area contributed by atoms with Crippen LogP contribution < -0.4 is 4.90 Å². The molecule has 0 atom stereocenters. The highest BCUT2D eigenvalue weighted by molar-refractivity contribution is 5.92. The van der Waals surface area contributed by atoms with E-state index in [0.29, 0.717) is 24.9 Å². The van der Waals surface area contributed by atoms with Crippen LogP contribution in [0.4, 0.5) is 6.01 Å². The van der Waals surface area contributed by atoms with Gasteiger partial charge in [-0.15, -0.1) is 0 Å². The van der Waals surface area contributed by atoms with E-state index < -0.39 is 0 Å². The number of hydrogen-bond donors (Lipinski definition) is 0. The Bertz CT molecular complexity index is 329. The third kappa shape index (κ3) is 1.77. The summed E-state index contributed by atoms with van der Waals surface area (Å²) in [6.45, 7) is 4.35. The first-order valence-electron chi connectivity index (χ1n) is 4.56. The molecule has 2 rings (SSSR count). The highest BCUT2D eigenvalue weighted by atomic mass is 16.5. The van der Waals surface area contributed by atoms with Crippen molar-refractivity contribution in [3.8, 4) is 0 Å². The molecule has 0 bridgehead atoms. The zero-order chi connectivity index (χ0) is 9.97. The van der Waals surface area contributed by atoms with Gasteiger partial charge in [0.25, 0.3) is 6.01 Å². The predicted molar refractivity (Wildman–Crippen MR) is 49.5 cm³/mol. The molecule has 1 aliphatic rings. The van der Waals surface area contributed by atoms with Crippen LogP contribution in [0.2, 0.25) is 0 Å². The van der Waals surface area contributed by atoms with Crippen molar-refractivity contribution in [1.82, 2.24) is 4.98 Å². The summed E-state index contributed by atoms with van der Waals surface area (Å²) in [5.41, 5.74) is 0.381. The molecule has 0 unspecified atom stereocenters. The lowest BCUT2D eigenvalue weighted by Crippen LogP contribution is -2.36. The Morgan fingerprint density at radius 3 is 2.79 bits per heavy atom. The van der Waals surface area contributed by atoms with Crippen LogP contribution >= 0.6 is 0 Å². The third-order valence-corrected chi connectivity index (χ3v) is 2.13. The zero-order valence-corrected chi connectivity index (χ0v) is 8.02. The van der Waals surface area contributed by atoms with E-state index in [1.54, 1.807) is 0 Å². The van der Waals surface area contributed by atoms with Gasteiger partial charge in [0.1, 0.15) is 12.0 Å². The van der Waals surface area contributed by atoms with Crippen molar-refractivity contribution < 1.29 is 13.9 Å². The van der Waals surface area contributed by atoms with Crippen molar-refractivity contribution in [3.63, 3.8) is 0 Å². The fraction of sp³-hybridized carbons (Fsp3) is 0.556. The summed E-state index contributed by atoms with van der Waals surface area (Å²) in [7, 11) is 0. The van der Waals surface area contributed by atoms with E-state index in [9.17, 15) is 4.79 Å². The second-order valence-electron chi connectivity index (χ2n) is 3.17. The molecule has 1 saturated heterocycles. The van der Waals surface area contributed by atoms with E-state index in [0.717, 1.165) is 13.1 Å². The molecule has 1 aromatic heterocycles. The number of anilines is 1. The first kappa shape index (κ1) is 9.21. The number of Topliss-reactive ketones (excluding diaryl/α,β-unsaturated/α-hetero) is 1. The number of hydrogen-bond acceptors (Lipinski definition) is 5. The van der Waals surface area contributed by atoms with Crippen molar-refractivity contribution in [1.29, 1.82) is 0 Å². The largest absolute Gasteiger partial charge is 0.431 e. The highest BCUT2D eigenvalue weighted by Gasteiger charge is 2.17. The molecule has 1 aliphatic heterocycles. The molecule has 14 heavy (non-hydrogen) atoms. The lowest BCUT2D eigenvalue weighted by molar-refractivity contribution is 0.101. The number of aromatic nitrogens is 1. The van der Waals surface area contributed by atoms with Gasteiger partial charge in [-0.1, -0.05) is 0 Å². The lowest BCUT2D eigenvalue weighted by Gasteiger charge is -2.24. The maximum Gasteiger partial charge on any atom is 0.298 e. The molecule has 5 nitrogen and oxygen atoms in total. The van der Waals surface area contributed by atoms with Crippen LogP contribution in [0.5, 0.6) is 0 Å². The monoisotopic (exact) mass is 196 g/mol. The summed E-state index contributed by atoms with van der Waals surface area (Å²) in [5.74, 6) is -0.0757. The number of ketones is 1. The van der Waals surface area contributed by atoms with Gasteiger partial charge in [-0.3, -0.25) is 4.79 Å². The quantitative estimate of drug-likeness (QED) is 0.652. The second kappa shape index (κ2) is 3.79. The van der Waals surface area contributed by atoms with Crippen LogP contribution in [0.25, 0.3) is 0 Å². The van der Waals surface area contributed by atoms with Gasteiger partial charge in [0.05, 0.1) is 13.2 Å².